The second-order valence-electron chi connectivity index (χ2n) is 2.49. The molecule has 2 aromatic heterocycles. The lowest BCUT2D eigenvalue weighted by atomic mass is 10.5. The van der Waals surface area contributed by atoms with E-state index in [2.05, 4.69) is 15.4 Å². The molecule has 66 valence electrons. The van der Waals surface area contributed by atoms with Gasteiger partial charge < -0.3 is 0 Å². The number of aromatic nitrogens is 5. The van der Waals surface area contributed by atoms with Crippen LogP contribution in [0.1, 0.15) is 5.82 Å². The summed E-state index contributed by atoms with van der Waals surface area (Å²) in [5.41, 5.74) is -0.195. The lowest BCUT2D eigenvalue weighted by Crippen LogP contribution is -2.26. The number of hydrogen-bond donors (Lipinski definition) is 0. The van der Waals surface area contributed by atoms with E-state index in [4.69, 9.17) is 0 Å². The maximum Gasteiger partial charge on any atom is 0.272 e. The summed E-state index contributed by atoms with van der Waals surface area (Å²) in [5, 5.41) is 11.2. The molecule has 0 amide bonds. The molecule has 0 bridgehead atoms. The van der Waals surface area contributed by atoms with Crippen LogP contribution in [0.25, 0.3) is 0 Å². The highest BCUT2D eigenvalue weighted by molar-refractivity contribution is 4.92. The Morgan fingerprint density at radius 2 is 2.23 bits per heavy atom. The van der Waals surface area contributed by atoms with Crippen LogP contribution in [0.2, 0.25) is 0 Å². The molecule has 2 aromatic rings. The van der Waals surface area contributed by atoms with Gasteiger partial charge in [0.15, 0.2) is 5.82 Å². The molecule has 0 radical (unpaired) electrons. The van der Waals surface area contributed by atoms with E-state index in [0.29, 0.717) is 5.82 Å². The Labute approximate surface area is 73.4 Å². The summed E-state index contributed by atoms with van der Waals surface area (Å²) >= 11 is 0. The van der Waals surface area contributed by atoms with Crippen molar-refractivity contribution in [1.82, 2.24) is 25.0 Å². The van der Waals surface area contributed by atoms with Crippen LogP contribution in [0, 0.1) is 6.92 Å². The Balaban J connectivity index is 2.59. The van der Waals surface area contributed by atoms with Crippen LogP contribution < -0.4 is 5.56 Å². The van der Waals surface area contributed by atoms with Gasteiger partial charge in [-0.3, -0.25) is 4.79 Å². The topological polar surface area (TPSA) is 65.6 Å². The van der Waals surface area contributed by atoms with Crippen LogP contribution in [-0.2, 0) is 0 Å². The van der Waals surface area contributed by atoms with Gasteiger partial charge in [-0.2, -0.15) is 4.68 Å². The fourth-order valence-corrected chi connectivity index (χ4v) is 0.932. The van der Waals surface area contributed by atoms with E-state index in [1.807, 2.05) is 0 Å². The first-order valence-corrected chi connectivity index (χ1v) is 3.72. The lowest BCUT2D eigenvalue weighted by molar-refractivity contribution is 0.466. The summed E-state index contributed by atoms with van der Waals surface area (Å²) < 4.78 is 1.26. The highest BCUT2D eigenvalue weighted by Gasteiger charge is 1.99. The first kappa shape index (κ1) is 7.66. The highest BCUT2D eigenvalue weighted by atomic mass is 16.1. The van der Waals surface area contributed by atoms with Crippen molar-refractivity contribution in [2.75, 3.05) is 0 Å². The Bertz CT molecular complexity index is 471. The van der Waals surface area contributed by atoms with Crippen LogP contribution in [0.5, 0.6) is 0 Å². The van der Waals surface area contributed by atoms with E-state index in [-0.39, 0.29) is 5.56 Å². The van der Waals surface area contributed by atoms with Gasteiger partial charge in [0.1, 0.15) is 0 Å². The summed E-state index contributed by atoms with van der Waals surface area (Å²) in [6.07, 6.45) is 1.57. The van der Waals surface area contributed by atoms with Gasteiger partial charge >= 0.3 is 0 Å². The Morgan fingerprint density at radius 3 is 2.85 bits per heavy atom. The van der Waals surface area contributed by atoms with Crippen LogP contribution in [0.4, 0.5) is 0 Å². The third-order valence-electron chi connectivity index (χ3n) is 1.50. The van der Waals surface area contributed by atoms with Gasteiger partial charge in [0.2, 0.25) is 0 Å². The van der Waals surface area contributed by atoms with Crippen molar-refractivity contribution in [3.05, 3.63) is 40.6 Å². The second-order valence-corrected chi connectivity index (χ2v) is 2.49. The predicted octanol–water partition coefficient (Wildman–Crippen LogP) is -0.545. The standard InChI is InChI=1S/C7H7N5O/c1-6-8-10-12(9-6)11-5-3-2-4-7(11)13/h2-5H,1H3. The quantitative estimate of drug-likeness (QED) is 0.586. The van der Waals surface area contributed by atoms with Gasteiger partial charge in [-0.05, 0) is 18.2 Å². The van der Waals surface area contributed by atoms with Crippen molar-refractivity contribution in [2.24, 2.45) is 0 Å². The number of rotatable bonds is 1. The molecule has 2 heterocycles. The van der Waals surface area contributed by atoms with Crippen LogP contribution in [0.3, 0.4) is 0 Å². The number of nitrogens with zero attached hydrogens (tertiary/aromatic N) is 5. The third kappa shape index (κ3) is 1.33. The van der Waals surface area contributed by atoms with Gasteiger partial charge in [-0.1, -0.05) is 11.0 Å². The van der Waals surface area contributed by atoms with Crippen LogP contribution in [0.15, 0.2) is 29.2 Å². The smallest absolute Gasteiger partial charge is 0.267 e. The number of aryl methyl sites for hydroxylation is 1. The molecule has 0 aromatic carbocycles. The normalized spacial score (nSPS) is 10.2. The maximum atomic E-state index is 11.3. The Morgan fingerprint density at radius 1 is 1.38 bits per heavy atom. The first-order chi connectivity index (χ1) is 6.27. The molecule has 6 heteroatoms. The van der Waals surface area contributed by atoms with E-state index >= 15 is 0 Å². The molecule has 0 atom stereocenters. The van der Waals surface area contributed by atoms with Crippen molar-refractivity contribution in [3.8, 4) is 0 Å². The largest absolute Gasteiger partial charge is 0.272 e. The minimum absolute atomic E-state index is 0.195. The summed E-state index contributed by atoms with van der Waals surface area (Å²) in [5.74, 6) is 0.524. The molecule has 2 rings (SSSR count). The molecule has 0 aliphatic rings. The predicted molar refractivity (Wildman–Crippen MR) is 44.1 cm³/mol. The zero-order valence-corrected chi connectivity index (χ0v) is 6.95. The molecule has 0 aliphatic heterocycles. The highest BCUT2D eigenvalue weighted by Crippen LogP contribution is 1.83. The average molecular weight is 177 g/mol. The number of pyridine rings is 1. The van der Waals surface area contributed by atoms with E-state index in [1.54, 1.807) is 25.3 Å². The molecule has 13 heavy (non-hydrogen) atoms. The molecule has 0 fully saturated rings. The zero-order valence-electron chi connectivity index (χ0n) is 6.95. The maximum absolute atomic E-state index is 11.3. The third-order valence-corrected chi connectivity index (χ3v) is 1.50. The Kier molecular flexibility index (Phi) is 1.66. The van der Waals surface area contributed by atoms with Crippen molar-refractivity contribution < 1.29 is 0 Å². The van der Waals surface area contributed by atoms with Gasteiger partial charge in [0.25, 0.3) is 5.56 Å². The molecule has 0 spiro atoms. The minimum atomic E-state index is -0.195. The molecule has 0 N–H and O–H groups in total. The summed E-state index contributed by atoms with van der Waals surface area (Å²) in [4.78, 5) is 12.4. The SMILES string of the molecule is Cc1nnn(-n2ccccc2=O)n1. The number of hydrogen-bond acceptors (Lipinski definition) is 4. The fraction of sp³-hybridized carbons (Fsp3) is 0.143. The minimum Gasteiger partial charge on any atom is -0.267 e. The molecule has 0 unspecified atom stereocenters. The van der Waals surface area contributed by atoms with Gasteiger partial charge in [0.05, 0.1) is 0 Å². The monoisotopic (exact) mass is 177 g/mol. The summed E-state index contributed by atoms with van der Waals surface area (Å²) in [6.45, 7) is 1.71. The molecule has 6 nitrogen and oxygen atoms in total. The van der Waals surface area contributed by atoms with Crippen LogP contribution >= 0.6 is 0 Å². The summed E-state index contributed by atoms with van der Waals surface area (Å²) in [6, 6.07) is 4.81. The number of tetrazole rings is 1. The van der Waals surface area contributed by atoms with Crippen molar-refractivity contribution >= 4 is 0 Å². The van der Waals surface area contributed by atoms with E-state index in [0.717, 1.165) is 4.91 Å². The fourth-order valence-electron chi connectivity index (χ4n) is 0.932. The molecule has 0 saturated heterocycles. The molecular weight excluding hydrogens is 170 g/mol. The molecule has 0 saturated carbocycles. The first-order valence-electron chi connectivity index (χ1n) is 3.72. The molecule has 0 aliphatic carbocycles. The van der Waals surface area contributed by atoms with Crippen molar-refractivity contribution in [3.63, 3.8) is 0 Å². The van der Waals surface area contributed by atoms with E-state index in [1.165, 1.54) is 10.7 Å². The van der Waals surface area contributed by atoms with Crippen LogP contribution in [-0.4, -0.2) is 25.0 Å². The molecular formula is C7H7N5O. The zero-order chi connectivity index (χ0) is 9.26. The Hall–Kier alpha value is -1.98. The van der Waals surface area contributed by atoms with Crippen molar-refractivity contribution in [1.29, 1.82) is 0 Å². The van der Waals surface area contributed by atoms with E-state index in [9.17, 15) is 4.79 Å². The van der Waals surface area contributed by atoms with Crippen molar-refractivity contribution in [2.45, 2.75) is 6.92 Å². The second kappa shape index (κ2) is 2.81. The van der Waals surface area contributed by atoms with E-state index < -0.39 is 0 Å². The summed E-state index contributed by atoms with van der Waals surface area (Å²) in [7, 11) is 0. The van der Waals surface area contributed by atoms with Gasteiger partial charge in [-0.15, -0.1) is 10.2 Å². The van der Waals surface area contributed by atoms with Gasteiger partial charge in [-0.25, -0.2) is 0 Å². The lowest BCUT2D eigenvalue weighted by Gasteiger charge is -1.98. The van der Waals surface area contributed by atoms with Gasteiger partial charge in [0, 0.05) is 12.3 Å². The average Bonchev–Trinajstić information content (AvgIpc) is 2.53.